The second-order valence-corrected chi connectivity index (χ2v) is 5.06. The van der Waals surface area contributed by atoms with E-state index in [2.05, 4.69) is 10.1 Å². The van der Waals surface area contributed by atoms with Gasteiger partial charge in [0, 0.05) is 12.1 Å². The van der Waals surface area contributed by atoms with Gasteiger partial charge in [-0.15, -0.1) is 5.10 Å². The van der Waals surface area contributed by atoms with Crippen molar-refractivity contribution in [2.75, 3.05) is 0 Å². The molecule has 0 unspecified atom stereocenters. The third-order valence-electron chi connectivity index (χ3n) is 2.88. The Labute approximate surface area is 132 Å². The highest BCUT2D eigenvalue weighted by molar-refractivity contribution is 6.33. The van der Waals surface area contributed by atoms with E-state index in [0.717, 1.165) is 4.68 Å². The quantitative estimate of drug-likeness (QED) is 0.677. The van der Waals surface area contributed by atoms with E-state index in [1.165, 1.54) is 0 Å². The highest BCUT2D eigenvalue weighted by atomic mass is 35.5. The number of para-hydroxylation sites is 1. The molecule has 1 heterocycles. The Morgan fingerprint density at radius 1 is 0.955 bits per heavy atom. The molecule has 112 valence electrons. The molecule has 0 saturated heterocycles. The zero-order chi connectivity index (χ0) is 15.9. The Morgan fingerprint density at radius 3 is 2.23 bits per heavy atom. The summed E-state index contributed by atoms with van der Waals surface area (Å²) in [6.07, 6.45) is 0. The van der Waals surface area contributed by atoms with Crippen molar-refractivity contribution in [3.05, 3.63) is 64.2 Å². The first-order valence-corrected chi connectivity index (χ1v) is 6.75. The maximum atomic E-state index is 13.8. The van der Waals surface area contributed by atoms with E-state index in [1.807, 2.05) is 0 Å². The van der Waals surface area contributed by atoms with Gasteiger partial charge in [0.1, 0.15) is 17.5 Å². The van der Waals surface area contributed by atoms with Gasteiger partial charge >= 0.3 is 0 Å². The lowest BCUT2D eigenvalue weighted by atomic mass is 10.2. The summed E-state index contributed by atoms with van der Waals surface area (Å²) < 4.78 is 41.7. The van der Waals surface area contributed by atoms with Gasteiger partial charge in [0.25, 0.3) is 0 Å². The number of nitrogens with zero attached hydrogens (tertiary/aromatic N) is 3. The summed E-state index contributed by atoms with van der Waals surface area (Å²) >= 11 is 12.0. The maximum Gasteiger partial charge on any atom is 0.226 e. The molecule has 0 spiro atoms. The van der Waals surface area contributed by atoms with Crippen molar-refractivity contribution in [3.8, 4) is 17.1 Å². The van der Waals surface area contributed by atoms with E-state index in [9.17, 15) is 13.2 Å². The van der Waals surface area contributed by atoms with Gasteiger partial charge in [-0.3, -0.25) is 0 Å². The molecule has 0 atom stereocenters. The highest BCUT2D eigenvalue weighted by Crippen LogP contribution is 2.28. The molecule has 0 N–H and O–H groups in total. The lowest BCUT2D eigenvalue weighted by Crippen LogP contribution is -1.99. The van der Waals surface area contributed by atoms with E-state index < -0.39 is 23.0 Å². The van der Waals surface area contributed by atoms with E-state index in [4.69, 9.17) is 23.2 Å². The summed E-state index contributed by atoms with van der Waals surface area (Å²) in [5.41, 5.74) is -0.162. The number of rotatable bonds is 2. The summed E-state index contributed by atoms with van der Waals surface area (Å²) in [6.45, 7) is 0. The van der Waals surface area contributed by atoms with Crippen LogP contribution in [0.1, 0.15) is 0 Å². The number of benzene rings is 2. The van der Waals surface area contributed by atoms with Crippen LogP contribution in [0.15, 0.2) is 36.4 Å². The second kappa shape index (κ2) is 5.62. The zero-order valence-corrected chi connectivity index (χ0v) is 12.2. The Hall–Kier alpha value is -2.05. The molecule has 8 heteroatoms. The predicted molar refractivity (Wildman–Crippen MR) is 76.7 cm³/mol. The summed E-state index contributed by atoms with van der Waals surface area (Å²) in [5.74, 6) is -3.58. The van der Waals surface area contributed by atoms with Gasteiger partial charge in [0.05, 0.1) is 16.3 Å². The van der Waals surface area contributed by atoms with Gasteiger partial charge < -0.3 is 0 Å². The van der Waals surface area contributed by atoms with Crippen LogP contribution < -0.4 is 0 Å². The summed E-state index contributed by atoms with van der Waals surface area (Å²) in [6, 6.07) is 7.71. The van der Waals surface area contributed by atoms with Crippen LogP contribution in [0.4, 0.5) is 13.2 Å². The van der Waals surface area contributed by atoms with Crippen molar-refractivity contribution < 1.29 is 13.2 Å². The molecule has 0 amide bonds. The molecule has 0 aliphatic carbocycles. The monoisotopic (exact) mass is 343 g/mol. The fraction of sp³-hybridized carbons (Fsp3) is 0. The van der Waals surface area contributed by atoms with Gasteiger partial charge in [-0.25, -0.2) is 17.9 Å². The standard InChI is InChI=1S/C14H6Cl2F3N3/c15-8-3-1-2-4-11(8)22-14(16)20-13(21-22)12-9(18)5-7(17)6-10(12)19/h1-6H. The van der Waals surface area contributed by atoms with Crippen LogP contribution >= 0.6 is 23.2 Å². The molecule has 0 aliphatic heterocycles. The minimum atomic E-state index is -1.12. The second-order valence-electron chi connectivity index (χ2n) is 4.31. The highest BCUT2D eigenvalue weighted by Gasteiger charge is 2.20. The molecule has 3 rings (SSSR count). The molecule has 0 bridgehead atoms. The fourth-order valence-corrected chi connectivity index (χ4v) is 2.36. The number of halogens is 5. The lowest BCUT2D eigenvalue weighted by molar-refractivity contribution is 0.546. The predicted octanol–water partition coefficient (Wildman–Crippen LogP) is 4.66. The van der Waals surface area contributed by atoms with E-state index in [1.54, 1.807) is 24.3 Å². The van der Waals surface area contributed by atoms with Gasteiger partial charge in [-0.1, -0.05) is 23.7 Å². The van der Waals surface area contributed by atoms with Crippen molar-refractivity contribution in [3.63, 3.8) is 0 Å². The van der Waals surface area contributed by atoms with Crippen molar-refractivity contribution in [2.24, 2.45) is 0 Å². The Morgan fingerprint density at radius 2 is 1.59 bits per heavy atom. The minimum absolute atomic E-state index is 0.133. The van der Waals surface area contributed by atoms with Gasteiger partial charge in [0.2, 0.25) is 5.28 Å². The topological polar surface area (TPSA) is 30.7 Å². The first-order valence-electron chi connectivity index (χ1n) is 5.99. The number of aromatic nitrogens is 3. The van der Waals surface area contributed by atoms with Crippen molar-refractivity contribution in [2.45, 2.75) is 0 Å². The van der Waals surface area contributed by atoms with Crippen molar-refractivity contribution in [1.82, 2.24) is 14.8 Å². The van der Waals surface area contributed by atoms with Crippen LogP contribution in [0.2, 0.25) is 10.3 Å². The van der Waals surface area contributed by atoms with Gasteiger partial charge in [-0.05, 0) is 23.7 Å². The summed E-state index contributed by atoms with van der Waals surface area (Å²) in [4.78, 5) is 3.81. The van der Waals surface area contributed by atoms with E-state index >= 15 is 0 Å². The first-order chi connectivity index (χ1) is 10.5. The molecule has 0 saturated carbocycles. The van der Waals surface area contributed by atoms with Crippen LogP contribution in [0, 0.1) is 17.5 Å². The molecule has 1 aromatic heterocycles. The largest absolute Gasteiger partial charge is 0.226 e. The summed E-state index contributed by atoms with van der Waals surface area (Å²) in [7, 11) is 0. The van der Waals surface area contributed by atoms with E-state index in [-0.39, 0.29) is 11.1 Å². The molecule has 0 aliphatic rings. The average Bonchev–Trinajstić information content (AvgIpc) is 2.79. The Kier molecular flexibility index (Phi) is 3.80. The molecular formula is C14H6Cl2F3N3. The number of hydrogen-bond donors (Lipinski definition) is 0. The molecule has 2 aromatic carbocycles. The molecule has 22 heavy (non-hydrogen) atoms. The molecule has 3 nitrogen and oxygen atoms in total. The Balaban J connectivity index is 2.17. The van der Waals surface area contributed by atoms with Crippen LogP contribution in [0.3, 0.4) is 0 Å². The molecule has 0 radical (unpaired) electrons. The van der Waals surface area contributed by atoms with Gasteiger partial charge in [0.15, 0.2) is 5.82 Å². The normalized spacial score (nSPS) is 11.0. The molecule has 0 fully saturated rings. The first kappa shape index (κ1) is 14.9. The average molecular weight is 344 g/mol. The lowest BCUT2D eigenvalue weighted by Gasteiger charge is -2.03. The van der Waals surface area contributed by atoms with Gasteiger partial charge in [-0.2, -0.15) is 4.98 Å². The van der Waals surface area contributed by atoms with Crippen molar-refractivity contribution in [1.29, 1.82) is 0 Å². The third-order valence-corrected chi connectivity index (χ3v) is 3.44. The minimum Gasteiger partial charge on any atom is -0.207 e. The molecular weight excluding hydrogens is 338 g/mol. The van der Waals surface area contributed by atoms with Crippen molar-refractivity contribution >= 4 is 23.2 Å². The zero-order valence-electron chi connectivity index (χ0n) is 10.7. The third kappa shape index (κ3) is 2.55. The van der Waals surface area contributed by atoms with Crippen LogP contribution in [0.5, 0.6) is 0 Å². The smallest absolute Gasteiger partial charge is 0.207 e. The molecule has 3 aromatic rings. The fourth-order valence-electron chi connectivity index (χ4n) is 1.93. The van der Waals surface area contributed by atoms with Crippen LogP contribution in [-0.4, -0.2) is 14.8 Å². The SMILES string of the molecule is Fc1cc(F)c(-c2nc(Cl)n(-c3ccccc3Cl)n2)c(F)c1. The van der Waals surface area contributed by atoms with Crippen LogP contribution in [-0.2, 0) is 0 Å². The number of hydrogen-bond acceptors (Lipinski definition) is 2. The summed E-state index contributed by atoms with van der Waals surface area (Å²) in [5, 5.41) is 4.15. The van der Waals surface area contributed by atoms with Crippen LogP contribution in [0.25, 0.3) is 17.1 Å². The Bertz CT molecular complexity index is 841. The van der Waals surface area contributed by atoms with E-state index in [0.29, 0.717) is 22.8 Å². The maximum absolute atomic E-state index is 13.8.